The van der Waals surface area contributed by atoms with Gasteiger partial charge in [0, 0.05) is 6.21 Å². The molecule has 2 nitrogen and oxygen atoms in total. The standard InChI is InChI=1S/C15H25NOSi/c1-13(2)15(12-17-18(3,4)5)16-11-14-9-7-6-8-10-14/h6-11,13,15H,12H2,1-5H3/b16-11+/t15-/m1/s1. The lowest BCUT2D eigenvalue weighted by molar-refractivity contribution is 0.255. The first-order valence-corrected chi connectivity index (χ1v) is 10.0. The summed E-state index contributed by atoms with van der Waals surface area (Å²) >= 11 is 0. The molecular formula is C15H25NOSi. The summed E-state index contributed by atoms with van der Waals surface area (Å²) in [5, 5.41) is 0. The highest BCUT2D eigenvalue weighted by Gasteiger charge is 2.18. The van der Waals surface area contributed by atoms with Crippen LogP contribution in [-0.4, -0.2) is 27.2 Å². The molecule has 1 aromatic rings. The van der Waals surface area contributed by atoms with E-state index in [1.165, 1.54) is 0 Å². The van der Waals surface area contributed by atoms with E-state index >= 15 is 0 Å². The van der Waals surface area contributed by atoms with E-state index in [0.717, 1.165) is 12.2 Å². The van der Waals surface area contributed by atoms with Crippen molar-refractivity contribution in [1.82, 2.24) is 0 Å². The lowest BCUT2D eigenvalue weighted by Gasteiger charge is -2.23. The number of hydrogen-bond acceptors (Lipinski definition) is 2. The zero-order chi connectivity index (χ0) is 13.6. The molecule has 0 bridgehead atoms. The molecule has 0 N–H and O–H groups in total. The summed E-state index contributed by atoms with van der Waals surface area (Å²) in [6, 6.07) is 10.5. The second-order valence-corrected chi connectivity index (χ2v) is 10.4. The van der Waals surface area contributed by atoms with Crippen LogP contribution in [0.15, 0.2) is 35.3 Å². The van der Waals surface area contributed by atoms with E-state index in [9.17, 15) is 0 Å². The molecule has 0 heterocycles. The highest BCUT2D eigenvalue weighted by atomic mass is 28.4. The molecule has 100 valence electrons. The van der Waals surface area contributed by atoms with Crippen LogP contribution in [0, 0.1) is 5.92 Å². The van der Waals surface area contributed by atoms with Crippen LogP contribution in [0.3, 0.4) is 0 Å². The van der Waals surface area contributed by atoms with Gasteiger partial charge in [-0.1, -0.05) is 44.2 Å². The van der Waals surface area contributed by atoms with Gasteiger partial charge < -0.3 is 4.43 Å². The van der Waals surface area contributed by atoms with Gasteiger partial charge in [0.1, 0.15) is 0 Å². The Bertz CT molecular complexity index is 368. The third-order valence-electron chi connectivity index (χ3n) is 2.67. The molecule has 3 heteroatoms. The Morgan fingerprint density at radius 1 is 1.17 bits per heavy atom. The van der Waals surface area contributed by atoms with Crippen LogP contribution in [0.5, 0.6) is 0 Å². The molecule has 18 heavy (non-hydrogen) atoms. The van der Waals surface area contributed by atoms with E-state index < -0.39 is 8.32 Å². The molecular weight excluding hydrogens is 238 g/mol. The average Bonchev–Trinajstić information content (AvgIpc) is 2.28. The van der Waals surface area contributed by atoms with Crippen molar-refractivity contribution in [3.05, 3.63) is 35.9 Å². The van der Waals surface area contributed by atoms with E-state index in [1.807, 2.05) is 24.4 Å². The summed E-state index contributed by atoms with van der Waals surface area (Å²) in [6.07, 6.45) is 1.96. The molecule has 0 saturated carbocycles. The fourth-order valence-corrected chi connectivity index (χ4v) is 2.13. The van der Waals surface area contributed by atoms with Crippen molar-refractivity contribution in [3.63, 3.8) is 0 Å². The van der Waals surface area contributed by atoms with E-state index in [-0.39, 0.29) is 6.04 Å². The first-order chi connectivity index (χ1) is 8.38. The SMILES string of the molecule is CC(C)[C@@H](CO[Si](C)(C)C)/N=C/c1ccccc1. The molecule has 0 aliphatic rings. The second-order valence-electron chi connectivity index (χ2n) is 5.92. The first kappa shape index (κ1) is 15.1. The maximum atomic E-state index is 5.97. The smallest absolute Gasteiger partial charge is 0.183 e. The van der Waals surface area contributed by atoms with Gasteiger partial charge in [0.25, 0.3) is 0 Å². The van der Waals surface area contributed by atoms with E-state index in [0.29, 0.717) is 5.92 Å². The molecule has 0 amide bonds. The topological polar surface area (TPSA) is 21.6 Å². The molecule has 0 unspecified atom stereocenters. The largest absolute Gasteiger partial charge is 0.415 e. The molecule has 1 aromatic carbocycles. The van der Waals surface area contributed by atoms with Gasteiger partial charge in [-0.05, 0) is 31.1 Å². The van der Waals surface area contributed by atoms with Gasteiger partial charge in [-0.3, -0.25) is 4.99 Å². The summed E-state index contributed by atoms with van der Waals surface area (Å²) in [5.41, 5.74) is 1.15. The number of aliphatic imine (C=N–C) groups is 1. The van der Waals surface area contributed by atoms with Crippen LogP contribution in [-0.2, 0) is 4.43 Å². The third kappa shape index (κ3) is 6.12. The van der Waals surface area contributed by atoms with Gasteiger partial charge in [0.15, 0.2) is 8.32 Å². The number of rotatable bonds is 6. The van der Waals surface area contributed by atoms with Crippen molar-refractivity contribution in [1.29, 1.82) is 0 Å². The lowest BCUT2D eigenvalue weighted by Crippen LogP contribution is -2.31. The Morgan fingerprint density at radius 3 is 2.28 bits per heavy atom. The van der Waals surface area contributed by atoms with Crippen molar-refractivity contribution < 1.29 is 4.43 Å². The predicted molar refractivity (Wildman–Crippen MR) is 82.0 cm³/mol. The van der Waals surface area contributed by atoms with Crippen LogP contribution in [0.2, 0.25) is 19.6 Å². The van der Waals surface area contributed by atoms with Crippen molar-refractivity contribution in [2.45, 2.75) is 39.5 Å². The number of nitrogens with zero attached hydrogens (tertiary/aromatic N) is 1. The highest BCUT2D eigenvalue weighted by Crippen LogP contribution is 2.11. The molecule has 0 aromatic heterocycles. The van der Waals surface area contributed by atoms with E-state index in [4.69, 9.17) is 4.43 Å². The van der Waals surface area contributed by atoms with Crippen LogP contribution in [0.4, 0.5) is 0 Å². The van der Waals surface area contributed by atoms with Crippen molar-refractivity contribution in [2.24, 2.45) is 10.9 Å². The lowest BCUT2D eigenvalue weighted by atomic mass is 10.1. The van der Waals surface area contributed by atoms with Crippen molar-refractivity contribution in [3.8, 4) is 0 Å². The average molecular weight is 263 g/mol. The van der Waals surface area contributed by atoms with E-state index in [1.54, 1.807) is 0 Å². The second kappa shape index (κ2) is 6.85. The minimum Gasteiger partial charge on any atom is -0.415 e. The highest BCUT2D eigenvalue weighted by molar-refractivity contribution is 6.69. The van der Waals surface area contributed by atoms with Gasteiger partial charge in [-0.2, -0.15) is 0 Å². The Labute approximate surface area is 112 Å². The van der Waals surface area contributed by atoms with Crippen LogP contribution in [0.1, 0.15) is 19.4 Å². The molecule has 0 aliphatic heterocycles. The molecule has 0 saturated heterocycles. The van der Waals surface area contributed by atoms with Crippen LogP contribution in [0.25, 0.3) is 0 Å². The zero-order valence-electron chi connectivity index (χ0n) is 12.2. The number of hydrogen-bond donors (Lipinski definition) is 0. The van der Waals surface area contributed by atoms with Crippen LogP contribution >= 0.6 is 0 Å². The Hall–Kier alpha value is -0.933. The fraction of sp³-hybridized carbons (Fsp3) is 0.533. The van der Waals surface area contributed by atoms with Gasteiger partial charge in [0.05, 0.1) is 12.6 Å². The zero-order valence-corrected chi connectivity index (χ0v) is 13.2. The Kier molecular flexibility index (Phi) is 5.76. The van der Waals surface area contributed by atoms with Crippen molar-refractivity contribution in [2.75, 3.05) is 6.61 Å². The van der Waals surface area contributed by atoms with Gasteiger partial charge in [0.2, 0.25) is 0 Å². The minimum atomic E-state index is -1.45. The fourth-order valence-electron chi connectivity index (χ4n) is 1.46. The summed E-state index contributed by atoms with van der Waals surface area (Å²) in [7, 11) is -1.45. The molecule has 0 fully saturated rings. The van der Waals surface area contributed by atoms with Gasteiger partial charge in [-0.15, -0.1) is 0 Å². The summed E-state index contributed by atoms with van der Waals surface area (Å²) in [4.78, 5) is 4.67. The normalized spacial score (nSPS) is 14.3. The predicted octanol–water partition coefficient (Wildman–Crippen LogP) is 3.98. The van der Waals surface area contributed by atoms with Gasteiger partial charge >= 0.3 is 0 Å². The molecule has 1 atom stereocenters. The molecule has 0 radical (unpaired) electrons. The maximum absolute atomic E-state index is 5.97. The first-order valence-electron chi connectivity index (χ1n) is 6.60. The van der Waals surface area contributed by atoms with Crippen molar-refractivity contribution >= 4 is 14.5 Å². The van der Waals surface area contributed by atoms with Gasteiger partial charge in [-0.25, -0.2) is 0 Å². The summed E-state index contributed by atoms with van der Waals surface area (Å²) in [6.45, 7) is 11.8. The minimum absolute atomic E-state index is 0.247. The Morgan fingerprint density at radius 2 is 1.78 bits per heavy atom. The maximum Gasteiger partial charge on any atom is 0.183 e. The number of benzene rings is 1. The summed E-state index contributed by atoms with van der Waals surface area (Å²) < 4.78 is 5.97. The third-order valence-corrected chi connectivity index (χ3v) is 3.70. The Balaban J connectivity index is 2.61. The molecule has 0 aliphatic carbocycles. The summed E-state index contributed by atoms with van der Waals surface area (Å²) in [5.74, 6) is 0.501. The monoisotopic (exact) mass is 263 g/mol. The molecule has 0 spiro atoms. The molecule has 1 rings (SSSR count). The van der Waals surface area contributed by atoms with Crippen LogP contribution < -0.4 is 0 Å². The van der Waals surface area contributed by atoms with E-state index in [2.05, 4.69) is 50.6 Å². The quantitative estimate of drug-likeness (QED) is 0.562.